The maximum Gasteiger partial charge on any atom is 0.175 e. The van der Waals surface area contributed by atoms with Gasteiger partial charge in [-0.15, -0.1) is 5.11 Å². The third kappa shape index (κ3) is 3.68. The molecule has 0 aliphatic rings. The van der Waals surface area contributed by atoms with Gasteiger partial charge in [0.15, 0.2) is 9.84 Å². The maximum absolute atomic E-state index is 11.8. The lowest BCUT2D eigenvalue weighted by atomic mass is 10.1. The zero-order valence-electron chi connectivity index (χ0n) is 13.5. The summed E-state index contributed by atoms with van der Waals surface area (Å²) in [6.45, 7) is 5.30. The van der Waals surface area contributed by atoms with Crippen molar-refractivity contribution < 1.29 is 13.5 Å². The van der Waals surface area contributed by atoms with Crippen molar-refractivity contribution in [3.63, 3.8) is 0 Å². The summed E-state index contributed by atoms with van der Waals surface area (Å²) in [5.41, 5.74) is 9.09. The smallest absolute Gasteiger partial charge is 0.175 e. The Morgan fingerprint density at radius 1 is 0.913 bits per heavy atom. The number of aryl methyl sites for hydroxylation is 3. The van der Waals surface area contributed by atoms with Crippen LogP contribution in [0.5, 0.6) is 5.75 Å². The van der Waals surface area contributed by atoms with Crippen LogP contribution in [-0.2, 0) is 9.84 Å². The molecule has 6 nitrogen and oxygen atoms in total. The predicted molar refractivity (Wildman–Crippen MR) is 90.5 cm³/mol. The molecule has 0 atom stereocenters. The van der Waals surface area contributed by atoms with Crippen molar-refractivity contribution in [3.05, 3.63) is 41.0 Å². The Morgan fingerprint density at radius 2 is 1.52 bits per heavy atom. The molecule has 0 aromatic heterocycles. The molecule has 0 spiro atoms. The van der Waals surface area contributed by atoms with Gasteiger partial charge in [-0.1, -0.05) is 6.07 Å². The normalized spacial score (nSPS) is 12.0. The SMILES string of the molecule is Cc1cc(N=Nc2cc(S(C)(=O)=O)c(C)cc2C)c(N)cc1O. The molecule has 0 unspecified atom stereocenters. The lowest BCUT2D eigenvalue weighted by molar-refractivity contribution is 0.471. The van der Waals surface area contributed by atoms with Gasteiger partial charge in [-0.25, -0.2) is 8.42 Å². The predicted octanol–water partition coefficient (Wildman–Crippen LogP) is 3.72. The zero-order valence-corrected chi connectivity index (χ0v) is 14.3. The molecular weight excluding hydrogens is 314 g/mol. The zero-order chi connectivity index (χ0) is 17.4. The molecule has 23 heavy (non-hydrogen) atoms. The van der Waals surface area contributed by atoms with Crippen molar-refractivity contribution in [2.45, 2.75) is 25.7 Å². The fraction of sp³-hybridized carbons (Fsp3) is 0.250. The first-order valence-electron chi connectivity index (χ1n) is 6.91. The van der Waals surface area contributed by atoms with E-state index in [-0.39, 0.29) is 10.6 Å². The van der Waals surface area contributed by atoms with E-state index in [1.54, 1.807) is 26.0 Å². The van der Waals surface area contributed by atoms with E-state index in [9.17, 15) is 13.5 Å². The third-order valence-electron chi connectivity index (χ3n) is 3.50. The number of sulfone groups is 1. The van der Waals surface area contributed by atoms with Crippen molar-refractivity contribution in [1.82, 2.24) is 0 Å². The molecule has 0 aliphatic carbocycles. The van der Waals surface area contributed by atoms with Crippen LogP contribution in [0.1, 0.15) is 16.7 Å². The molecule has 2 aromatic rings. The number of hydrogen-bond acceptors (Lipinski definition) is 6. The lowest BCUT2D eigenvalue weighted by Gasteiger charge is -2.08. The fourth-order valence-corrected chi connectivity index (χ4v) is 3.19. The first-order valence-corrected chi connectivity index (χ1v) is 8.81. The topological polar surface area (TPSA) is 105 Å². The number of rotatable bonds is 3. The molecule has 122 valence electrons. The number of nitrogens with two attached hydrogens (primary N) is 1. The second-order valence-corrected chi connectivity index (χ2v) is 7.56. The van der Waals surface area contributed by atoms with Gasteiger partial charge in [0.05, 0.1) is 16.3 Å². The van der Waals surface area contributed by atoms with Crippen LogP contribution in [0.3, 0.4) is 0 Å². The standard InChI is InChI=1S/C16H19N3O3S/c1-9-5-11(3)16(23(4,21)22)8-13(9)18-19-14-6-10(2)15(20)7-12(14)17/h5-8,20H,17H2,1-4H3. The summed E-state index contributed by atoms with van der Waals surface area (Å²) in [6.07, 6.45) is 1.16. The summed E-state index contributed by atoms with van der Waals surface area (Å²) in [7, 11) is -3.34. The molecule has 0 radical (unpaired) electrons. The van der Waals surface area contributed by atoms with E-state index in [1.165, 1.54) is 12.1 Å². The minimum atomic E-state index is -3.34. The van der Waals surface area contributed by atoms with Crippen molar-refractivity contribution in [3.8, 4) is 5.75 Å². The Bertz CT molecular complexity index is 903. The Balaban J connectivity index is 2.50. The number of nitrogen functional groups attached to an aromatic ring is 1. The van der Waals surface area contributed by atoms with Gasteiger partial charge >= 0.3 is 0 Å². The van der Waals surface area contributed by atoms with Gasteiger partial charge in [-0.2, -0.15) is 5.11 Å². The number of nitrogens with zero attached hydrogens (tertiary/aromatic N) is 2. The molecular formula is C16H19N3O3S. The number of hydrogen-bond donors (Lipinski definition) is 2. The Kier molecular flexibility index (Phi) is 4.42. The molecule has 0 heterocycles. The van der Waals surface area contributed by atoms with Crippen molar-refractivity contribution >= 4 is 26.9 Å². The number of benzene rings is 2. The number of phenolic OH excluding ortho intramolecular Hbond substituents is 1. The first kappa shape index (κ1) is 17.0. The van der Waals surface area contributed by atoms with E-state index < -0.39 is 9.84 Å². The van der Waals surface area contributed by atoms with Crippen LogP contribution >= 0.6 is 0 Å². The van der Waals surface area contributed by atoms with Crippen LogP contribution in [0.2, 0.25) is 0 Å². The minimum Gasteiger partial charge on any atom is -0.508 e. The molecule has 7 heteroatoms. The molecule has 3 N–H and O–H groups in total. The van der Waals surface area contributed by atoms with Crippen LogP contribution in [0.15, 0.2) is 39.4 Å². The number of phenols is 1. The fourth-order valence-electron chi connectivity index (χ4n) is 2.22. The second kappa shape index (κ2) is 6.00. The Hall–Kier alpha value is -2.41. The highest BCUT2D eigenvalue weighted by Gasteiger charge is 2.13. The molecule has 0 bridgehead atoms. The Labute approximate surface area is 135 Å². The van der Waals surface area contributed by atoms with E-state index in [0.29, 0.717) is 28.2 Å². The van der Waals surface area contributed by atoms with Crippen LogP contribution < -0.4 is 5.73 Å². The van der Waals surface area contributed by atoms with Crippen LogP contribution in [0.4, 0.5) is 17.1 Å². The largest absolute Gasteiger partial charge is 0.508 e. The number of azo groups is 1. The highest BCUT2D eigenvalue weighted by molar-refractivity contribution is 7.90. The molecule has 0 amide bonds. The summed E-state index contributed by atoms with van der Waals surface area (Å²) >= 11 is 0. The Morgan fingerprint density at radius 3 is 2.13 bits per heavy atom. The minimum absolute atomic E-state index is 0.0901. The van der Waals surface area contributed by atoms with Gasteiger partial charge in [0, 0.05) is 12.3 Å². The second-order valence-electron chi connectivity index (χ2n) is 5.57. The first-order chi connectivity index (χ1) is 10.6. The summed E-state index contributed by atoms with van der Waals surface area (Å²) in [5, 5.41) is 17.8. The van der Waals surface area contributed by atoms with Crippen molar-refractivity contribution in [2.24, 2.45) is 10.2 Å². The molecule has 2 rings (SSSR count). The van der Waals surface area contributed by atoms with Crippen LogP contribution in [0.25, 0.3) is 0 Å². The molecule has 0 saturated heterocycles. The van der Waals surface area contributed by atoms with E-state index in [1.807, 2.05) is 6.92 Å². The third-order valence-corrected chi connectivity index (χ3v) is 4.74. The molecule has 0 aliphatic heterocycles. The van der Waals surface area contributed by atoms with E-state index in [2.05, 4.69) is 10.2 Å². The highest BCUT2D eigenvalue weighted by atomic mass is 32.2. The number of anilines is 1. The van der Waals surface area contributed by atoms with Crippen molar-refractivity contribution in [2.75, 3.05) is 12.0 Å². The van der Waals surface area contributed by atoms with E-state index in [0.717, 1.165) is 11.8 Å². The van der Waals surface area contributed by atoms with E-state index >= 15 is 0 Å². The van der Waals surface area contributed by atoms with Gasteiger partial charge in [-0.05, 0) is 49.6 Å². The van der Waals surface area contributed by atoms with Gasteiger partial charge in [-0.3, -0.25) is 0 Å². The van der Waals surface area contributed by atoms with Gasteiger partial charge < -0.3 is 10.8 Å². The summed E-state index contributed by atoms with van der Waals surface area (Å²) in [4.78, 5) is 0.229. The molecule has 0 fully saturated rings. The molecule has 2 aromatic carbocycles. The highest BCUT2D eigenvalue weighted by Crippen LogP contribution is 2.32. The van der Waals surface area contributed by atoms with Crippen molar-refractivity contribution in [1.29, 1.82) is 0 Å². The van der Waals surface area contributed by atoms with E-state index in [4.69, 9.17) is 5.73 Å². The summed E-state index contributed by atoms with van der Waals surface area (Å²) < 4.78 is 23.6. The average Bonchev–Trinajstić information content (AvgIpc) is 2.41. The lowest BCUT2D eigenvalue weighted by Crippen LogP contribution is -2.00. The van der Waals surface area contributed by atoms with Gasteiger partial charge in [0.25, 0.3) is 0 Å². The molecule has 0 saturated carbocycles. The van der Waals surface area contributed by atoms with Gasteiger partial charge in [0.2, 0.25) is 0 Å². The summed E-state index contributed by atoms with van der Waals surface area (Å²) in [6, 6.07) is 6.30. The quantitative estimate of drug-likeness (QED) is 0.659. The number of aromatic hydroxyl groups is 1. The summed E-state index contributed by atoms with van der Waals surface area (Å²) in [5.74, 6) is 0.0901. The van der Waals surface area contributed by atoms with Crippen LogP contribution in [0, 0.1) is 20.8 Å². The average molecular weight is 333 g/mol. The van der Waals surface area contributed by atoms with Crippen LogP contribution in [-0.4, -0.2) is 19.8 Å². The van der Waals surface area contributed by atoms with Gasteiger partial charge in [0.1, 0.15) is 11.4 Å². The monoisotopic (exact) mass is 333 g/mol. The maximum atomic E-state index is 11.8.